The number of hydrogen-bond acceptors (Lipinski definition) is 10. The Morgan fingerprint density at radius 1 is 0.521 bits per heavy atom. The third-order valence-electron chi connectivity index (χ3n) is 10.6. The zero-order valence-corrected chi connectivity index (χ0v) is 43.3. The number of sulfonamides is 2. The molecule has 14 nitrogen and oxygen atoms in total. The first-order valence-corrected chi connectivity index (χ1v) is 26.3. The Bertz CT molecular complexity index is 2960. The largest absolute Gasteiger partial charge is 0.490 e. The van der Waals surface area contributed by atoms with Gasteiger partial charge in [-0.2, -0.15) is 0 Å². The lowest BCUT2D eigenvalue weighted by Crippen LogP contribution is -2.19. The SMILES string of the molecule is CC(C)c1cc(C(C)C)c(S(=O)(=O)Nc2ccc(OCCOc3ccccc3CC(=O)O)cc2)c(C(C)C)c1.O=C(O)Cc1ccccc1OCCOc1ccc(NS(=O)(=O)c2cc(Cl)ccc2Cl)cc1. The van der Waals surface area contributed by atoms with Crippen molar-refractivity contribution >= 4 is 66.6 Å². The Morgan fingerprint density at radius 2 is 0.930 bits per heavy atom. The normalized spacial score (nSPS) is 11.4. The maximum Gasteiger partial charge on any atom is 0.307 e. The first-order chi connectivity index (χ1) is 33.6. The van der Waals surface area contributed by atoms with Crippen molar-refractivity contribution in [1.82, 2.24) is 0 Å². The van der Waals surface area contributed by atoms with Crippen LogP contribution in [0, 0.1) is 0 Å². The van der Waals surface area contributed by atoms with Crippen LogP contribution in [-0.2, 0) is 42.5 Å². The van der Waals surface area contributed by atoms with Gasteiger partial charge in [0, 0.05) is 27.5 Å². The highest BCUT2D eigenvalue weighted by Crippen LogP contribution is 2.36. The van der Waals surface area contributed by atoms with Gasteiger partial charge in [0.2, 0.25) is 0 Å². The quantitative estimate of drug-likeness (QED) is 0.0443. The number of carboxylic acid groups (broad SMARTS) is 2. The van der Waals surface area contributed by atoms with Crippen molar-refractivity contribution in [3.63, 3.8) is 0 Å². The summed E-state index contributed by atoms with van der Waals surface area (Å²) < 4.78 is 80.3. The number of aliphatic carboxylic acids is 2. The summed E-state index contributed by atoms with van der Waals surface area (Å²) in [5.41, 5.74) is 4.73. The second kappa shape index (κ2) is 25.6. The molecule has 4 N–H and O–H groups in total. The molecule has 6 rings (SSSR count). The molecule has 0 saturated heterocycles. The number of benzene rings is 6. The predicted molar refractivity (Wildman–Crippen MR) is 277 cm³/mol. The molecule has 71 heavy (non-hydrogen) atoms. The van der Waals surface area contributed by atoms with Crippen LogP contribution in [0.5, 0.6) is 23.0 Å². The van der Waals surface area contributed by atoms with Gasteiger partial charge >= 0.3 is 11.9 Å². The average Bonchev–Trinajstić information content (AvgIpc) is 3.31. The molecule has 0 spiro atoms. The number of para-hydroxylation sites is 2. The van der Waals surface area contributed by atoms with Gasteiger partial charge in [-0.3, -0.25) is 19.0 Å². The summed E-state index contributed by atoms with van der Waals surface area (Å²) in [5, 5.41) is 18.3. The van der Waals surface area contributed by atoms with E-state index in [0.29, 0.717) is 56.3 Å². The Hall–Kier alpha value is -6.46. The molecule has 0 fully saturated rings. The molecule has 0 aromatic heterocycles. The molecule has 0 aliphatic rings. The molecule has 0 heterocycles. The van der Waals surface area contributed by atoms with E-state index >= 15 is 0 Å². The van der Waals surface area contributed by atoms with Gasteiger partial charge in [-0.05, 0) is 113 Å². The molecule has 18 heteroatoms. The Labute approximate surface area is 426 Å². The molecule has 6 aromatic rings. The second-order valence-electron chi connectivity index (χ2n) is 17.1. The van der Waals surface area contributed by atoms with Crippen LogP contribution in [0.25, 0.3) is 0 Å². The minimum absolute atomic E-state index is 0.0434. The molecule has 0 radical (unpaired) electrons. The highest BCUT2D eigenvalue weighted by molar-refractivity contribution is 7.93. The molecule has 0 saturated carbocycles. The smallest absolute Gasteiger partial charge is 0.307 e. The minimum Gasteiger partial charge on any atom is -0.490 e. The number of halogens is 2. The highest BCUT2D eigenvalue weighted by Gasteiger charge is 2.27. The maximum absolute atomic E-state index is 13.7. The zero-order valence-electron chi connectivity index (χ0n) is 40.1. The van der Waals surface area contributed by atoms with Gasteiger partial charge in [-0.15, -0.1) is 0 Å². The van der Waals surface area contributed by atoms with Crippen LogP contribution < -0.4 is 28.4 Å². The fourth-order valence-electron chi connectivity index (χ4n) is 7.07. The van der Waals surface area contributed by atoms with Crippen LogP contribution in [0.3, 0.4) is 0 Å². The van der Waals surface area contributed by atoms with Crippen LogP contribution in [0.15, 0.2) is 137 Å². The molecule has 0 unspecified atom stereocenters. The molecule has 0 atom stereocenters. The number of rotatable bonds is 23. The summed E-state index contributed by atoms with van der Waals surface area (Å²) in [5.74, 6) is 0.589. The van der Waals surface area contributed by atoms with Crippen molar-refractivity contribution < 1.29 is 55.6 Å². The Balaban J connectivity index is 0.000000269. The van der Waals surface area contributed by atoms with E-state index in [-0.39, 0.29) is 66.0 Å². The zero-order chi connectivity index (χ0) is 51.9. The number of nitrogens with one attached hydrogen (secondary N) is 2. The van der Waals surface area contributed by atoms with Crippen LogP contribution in [0.1, 0.15) is 87.1 Å². The molecule has 6 aromatic carbocycles. The second-order valence-corrected chi connectivity index (χ2v) is 21.2. The van der Waals surface area contributed by atoms with Gasteiger partial charge in [-0.25, -0.2) is 16.8 Å². The number of ether oxygens (including phenoxy) is 4. The number of hydrogen-bond donors (Lipinski definition) is 4. The standard InChI is InChI=1S/C31H39NO6S.C22H19Cl2NO6S/c1-20(2)24-17-27(21(3)4)31(28(18-24)22(5)6)39(35,36)32-25-11-13-26(14-12-25)37-15-16-38-29-10-8-7-9-23(29)19-30(33)34;23-16-5-10-19(24)21(14-16)32(28,29)25-17-6-8-18(9-7-17)30-11-12-31-20-4-2-1-3-15(20)13-22(26)27/h7-14,17-18,20-22,32H,15-16,19H2,1-6H3,(H,33,34);1-10,14,25H,11-13H2,(H,26,27). The molecular weight excluding hydrogens is 992 g/mol. The molecule has 378 valence electrons. The van der Waals surface area contributed by atoms with E-state index in [1.54, 1.807) is 97.1 Å². The summed E-state index contributed by atoms with van der Waals surface area (Å²) in [7, 11) is -7.75. The fourth-order valence-corrected chi connectivity index (χ4v) is 10.6. The lowest BCUT2D eigenvalue weighted by atomic mass is 9.89. The van der Waals surface area contributed by atoms with E-state index in [4.69, 9.17) is 52.4 Å². The van der Waals surface area contributed by atoms with Gasteiger partial charge in [0.05, 0.1) is 22.8 Å². The lowest BCUT2D eigenvalue weighted by molar-refractivity contribution is -0.137. The van der Waals surface area contributed by atoms with Crippen molar-refractivity contribution in [2.75, 3.05) is 35.9 Å². The predicted octanol–water partition coefficient (Wildman–Crippen LogP) is 11.8. The van der Waals surface area contributed by atoms with Crippen molar-refractivity contribution in [2.45, 2.75) is 81.9 Å². The molecule has 0 bridgehead atoms. The third-order valence-corrected chi connectivity index (χ3v) is 14.2. The number of anilines is 2. The summed E-state index contributed by atoms with van der Waals surface area (Å²) in [6.07, 6.45) is -0.248. The first kappa shape index (κ1) is 55.5. The van der Waals surface area contributed by atoms with E-state index in [1.165, 1.54) is 18.2 Å². The molecular formula is C53H58Cl2N2O12S2. The van der Waals surface area contributed by atoms with Gasteiger partial charge < -0.3 is 29.2 Å². The summed E-state index contributed by atoms with van der Waals surface area (Å²) in [6.45, 7) is 13.2. The van der Waals surface area contributed by atoms with Crippen molar-refractivity contribution in [3.8, 4) is 23.0 Å². The van der Waals surface area contributed by atoms with Gasteiger partial charge in [0.15, 0.2) is 0 Å². The van der Waals surface area contributed by atoms with E-state index in [0.717, 1.165) is 16.7 Å². The molecule has 0 aliphatic carbocycles. The highest BCUT2D eigenvalue weighted by atomic mass is 35.5. The number of carboxylic acids is 2. The van der Waals surface area contributed by atoms with Crippen LogP contribution >= 0.6 is 23.2 Å². The van der Waals surface area contributed by atoms with E-state index in [9.17, 15) is 26.4 Å². The summed E-state index contributed by atoms with van der Waals surface area (Å²) in [6, 6.07) is 35.2. The summed E-state index contributed by atoms with van der Waals surface area (Å²) >= 11 is 11.9. The monoisotopic (exact) mass is 1050 g/mol. The first-order valence-electron chi connectivity index (χ1n) is 22.6. The topological polar surface area (TPSA) is 204 Å². The summed E-state index contributed by atoms with van der Waals surface area (Å²) in [4.78, 5) is 22.2. The molecule has 0 amide bonds. The van der Waals surface area contributed by atoms with Gasteiger partial charge in [0.1, 0.15) is 54.3 Å². The van der Waals surface area contributed by atoms with E-state index in [2.05, 4.69) is 23.3 Å². The number of carbonyl (C=O) groups is 2. The van der Waals surface area contributed by atoms with Gasteiger partial charge in [-0.1, -0.05) is 113 Å². The molecule has 0 aliphatic heterocycles. The van der Waals surface area contributed by atoms with E-state index in [1.807, 2.05) is 39.8 Å². The maximum atomic E-state index is 13.7. The third kappa shape index (κ3) is 16.6. The lowest BCUT2D eigenvalue weighted by Gasteiger charge is -2.23. The van der Waals surface area contributed by atoms with Gasteiger partial charge in [0.25, 0.3) is 20.0 Å². The van der Waals surface area contributed by atoms with E-state index < -0.39 is 32.0 Å². The average molecular weight is 1050 g/mol. The van der Waals surface area contributed by atoms with Crippen molar-refractivity contribution in [2.24, 2.45) is 0 Å². The Morgan fingerprint density at radius 3 is 1.34 bits per heavy atom. The minimum atomic E-state index is -3.91. The van der Waals surface area contributed by atoms with Crippen LogP contribution in [0.4, 0.5) is 11.4 Å². The van der Waals surface area contributed by atoms with Crippen molar-refractivity contribution in [1.29, 1.82) is 0 Å². The van der Waals surface area contributed by atoms with Crippen LogP contribution in [0.2, 0.25) is 10.0 Å². The Kier molecular flexibility index (Phi) is 20.0. The fraction of sp³-hybridized carbons (Fsp3) is 0.283. The van der Waals surface area contributed by atoms with Crippen LogP contribution in [-0.4, -0.2) is 65.4 Å². The van der Waals surface area contributed by atoms with Crippen molar-refractivity contribution in [3.05, 3.63) is 165 Å².